The van der Waals surface area contributed by atoms with E-state index in [1.165, 1.54) is 4.68 Å². The number of hydrogen-bond acceptors (Lipinski definition) is 5. The lowest BCUT2D eigenvalue weighted by Crippen LogP contribution is -2.24. The van der Waals surface area contributed by atoms with Crippen LogP contribution in [0.3, 0.4) is 0 Å². The molecule has 0 fully saturated rings. The van der Waals surface area contributed by atoms with Gasteiger partial charge in [-0.15, -0.1) is 0 Å². The first-order valence-corrected chi connectivity index (χ1v) is 9.10. The Balaban J connectivity index is 2.02. The summed E-state index contributed by atoms with van der Waals surface area (Å²) in [5.74, 6) is 0.699. The smallest absolute Gasteiger partial charge is 0.245 e. The second-order valence-corrected chi connectivity index (χ2v) is 7.20. The molecule has 1 aromatic heterocycles. The van der Waals surface area contributed by atoms with Crippen LogP contribution < -0.4 is 9.46 Å². The maximum Gasteiger partial charge on any atom is 0.245 e. The van der Waals surface area contributed by atoms with Crippen LogP contribution in [-0.2, 0) is 28.4 Å². The van der Waals surface area contributed by atoms with Gasteiger partial charge in [-0.3, -0.25) is 4.68 Å². The Hall–Kier alpha value is -1.61. The number of aryl methyl sites for hydroxylation is 2. The van der Waals surface area contributed by atoms with Crippen LogP contribution in [-0.4, -0.2) is 38.5 Å². The molecule has 0 spiro atoms. The van der Waals surface area contributed by atoms with Crippen molar-refractivity contribution in [2.75, 3.05) is 20.3 Å². The molecule has 0 aliphatic carbocycles. The maximum absolute atomic E-state index is 12.4. The number of aromatic nitrogens is 2. The highest BCUT2D eigenvalue weighted by Gasteiger charge is 2.24. The number of halogens is 1. The van der Waals surface area contributed by atoms with Gasteiger partial charge in [-0.2, -0.15) is 5.10 Å². The maximum atomic E-state index is 12.4. The molecular formula is C15H20ClN3O4S. The van der Waals surface area contributed by atoms with Crippen molar-refractivity contribution in [2.45, 2.75) is 18.4 Å². The van der Waals surface area contributed by atoms with E-state index in [0.29, 0.717) is 24.7 Å². The molecule has 1 aromatic carbocycles. The molecule has 1 heterocycles. The minimum atomic E-state index is -3.74. The molecule has 0 amide bonds. The number of hydrogen-bond donors (Lipinski definition) is 1. The third-order valence-corrected chi connectivity index (χ3v) is 5.41. The van der Waals surface area contributed by atoms with Crippen molar-refractivity contribution in [1.29, 1.82) is 0 Å². The molecule has 0 radical (unpaired) electrons. The van der Waals surface area contributed by atoms with Crippen LogP contribution >= 0.6 is 11.6 Å². The normalized spacial score (nSPS) is 11.7. The summed E-state index contributed by atoms with van der Waals surface area (Å²) in [5.41, 5.74) is 1.16. The third kappa shape index (κ3) is 4.47. The highest BCUT2D eigenvalue weighted by Crippen LogP contribution is 2.24. The quantitative estimate of drug-likeness (QED) is 0.714. The predicted molar refractivity (Wildman–Crippen MR) is 90.8 cm³/mol. The van der Waals surface area contributed by atoms with E-state index < -0.39 is 10.0 Å². The topological polar surface area (TPSA) is 82.4 Å². The van der Waals surface area contributed by atoms with Gasteiger partial charge in [0.05, 0.1) is 12.3 Å². The van der Waals surface area contributed by atoms with Crippen LogP contribution in [0, 0.1) is 6.92 Å². The van der Waals surface area contributed by atoms with E-state index >= 15 is 0 Å². The second-order valence-electron chi connectivity index (χ2n) is 5.14. The first-order valence-electron chi connectivity index (χ1n) is 7.24. The summed E-state index contributed by atoms with van der Waals surface area (Å²) >= 11 is 6.02. The molecule has 7 nitrogen and oxygen atoms in total. The Morgan fingerprint density at radius 3 is 2.46 bits per heavy atom. The van der Waals surface area contributed by atoms with Crippen molar-refractivity contribution in [3.63, 3.8) is 0 Å². The number of ether oxygens (including phenoxy) is 2. The van der Waals surface area contributed by atoms with Gasteiger partial charge in [0.2, 0.25) is 10.0 Å². The molecule has 0 saturated heterocycles. The summed E-state index contributed by atoms with van der Waals surface area (Å²) in [6.07, 6.45) is 0. The Morgan fingerprint density at radius 2 is 1.92 bits per heavy atom. The Labute approximate surface area is 146 Å². The summed E-state index contributed by atoms with van der Waals surface area (Å²) in [7, 11) is -0.540. The molecule has 2 aromatic rings. The molecule has 24 heavy (non-hydrogen) atoms. The number of benzene rings is 1. The largest absolute Gasteiger partial charge is 0.491 e. The zero-order chi connectivity index (χ0) is 17.7. The standard InChI is InChI=1S/C15H20ClN3O4S/c1-11-14(15(16)19(2)18-11)24(20,21)17-10-12-4-6-13(7-5-12)23-9-8-22-3/h4-7,17H,8-10H2,1-3H3. The molecular weight excluding hydrogens is 354 g/mol. The number of nitrogens with zero attached hydrogens (tertiary/aromatic N) is 2. The minimum Gasteiger partial charge on any atom is -0.491 e. The molecule has 0 saturated carbocycles. The first-order chi connectivity index (χ1) is 11.3. The van der Waals surface area contributed by atoms with E-state index in [0.717, 1.165) is 5.56 Å². The van der Waals surface area contributed by atoms with Crippen LogP contribution in [0.5, 0.6) is 5.75 Å². The molecule has 2 rings (SSSR count). The monoisotopic (exact) mass is 373 g/mol. The first kappa shape index (κ1) is 18.7. The lowest BCUT2D eigenvalue weighted by Gasteiger charge is -2.08. The summed E-state index contributed by atoms with van der Waals surface area (Å²) in [6, 6.07) is 7.15. The summed E-state index contributed by atoms with van der Waals surface area (Å²) in [5, 5.41) is 4.10. The third-order valence-electron chi connectivity index (χ3n) is 3.31. The Bertz CT molecular complexity index is 788. The van der Waals surface area contributed by atoms with Crippen molar-refractivity contribution in [3.05, 3.63) is 40.7 Å². The molecule has 1 N–H and O–H groups in total. The zero-order valence-electron chi connectivity index (χ0n) is 13.7. The lowest BCUT2D eigenvalue weighted by atomic mass is 10.2. The number of sulfonamides is 1. The van der Waals surface area contributed by atoms with Crippen LogP contribution in [0.4, 0.5) is 0 Å². The predicted octanol–water partition coefficient (Wildman–Crippen LogP) is 1.89. The van der Waals surface area contributed by atoms with Crippen LogP contribution in [0.25, 0.3) is 0 Å². The number of nitrogens with one attached hydrogen (secondary N) is 1. The van der Waals surface area contributed by atoms with Crippen molar-refractivity contribution in [3.8, 4) is 5.75 Å². The summed E-state index contributed by atoms with van der Waals surface area (Å²) < 4.78 is 39.1. The molecule has 0 unspecified atom stereocenters. The summed E-state index contributed by atoms with van der Waals surface area (Å²) in [6.45, 7) is 2.71. The minimum absolute atomic E-state index is 0.00573. The highest BCUT2D eigenvalue weighted by atomic mass is 35.5. The zero-order valence-corrected chi connectivity index (χ0v) is 15.3. The average Bonchev–Trinajstić information content (AvgIpc) is 2.80. The van der Waals surface area contributed by atoms with Gasteiger partial charge < -0.3 is 9.47 Å². The SMILES string of the molecule is COCCOc1ccc(CNS(=O)(=O)c2c(C)nn(C)c2Cl)cc1. The van der Waals surface area contributed by atoms with Crippen molar-refractivity contribution in [1.82, 2.24) is 14.5 Å². The highest BCUT2D eigenvalue weighted by molar-refractivity contribution is 7.89. The second kappa shape index (κ2) is 7.98. The Kier molecular flexibility index (Phi) is 6.22. The molecule has 0 aliphatic heterocycles. The molecule has 0 bridgehead atoms. The van der Waals surface area contributed by atoms with Crippen LogP contribution in [0.15, 0.2) is 29.2 Å². The number of methoxy groups -OCH3 is 1. The van der Waals surface area contributed by atoms with Crippen molar-refractivity contribution < 1.29 is 17.9 Å². The van der Waals surface area contributed by atoms with Gasteiger partial charge in [0.1, 0.15) is 22.4 Å². The van der Waals surface area contributed by atoms with Gasteiger partial charge in [-0.1, -0.05) is 23.7 Å². The van der Waals surface area contributed by atoms with Gasteiger partial charge >= 0.3 is 0 Å². The lowest BCUT2D eigenvalue weighted by molar-refractivity contribution is 0.146. The molecule has 0 atom stereocenters. The Morgan fingerprint density at radius 1 is 1.25 bits per heavy atom. The van der Waals surface area contributed by atoms with E-state index in [9.17, 15) is 8.42 Å². The van der Waals surface area contributed by atoms with Gasteiger partial charge in [-0.05, 0) is 24.6 Å². The van der Waals surface area contributed by atoms with E-state index in [1.807, 2.05) is 0 Å². The van der Waals surface area contributed by atoms with Crippen LogP contribution in [0.1, 0.15) is 11.3 Å². The van der Waals surface area contributed by atoms with Crippen molar-refractivity contribution in [2.24, 2.45) is 7.05 Å². The van der Waals surface area contributed by atoms with Gasteiger partial charge in [0.15, 0.2) is 0 Å². The fourth-order valence-corrected chi connectivity index (χ4v) is 3.88. The molecule has 9 heteroatoms. The van der Waals surface area contributed by atoms with Crippen molar-refractivity contribution >= 4 is 21.6 Å². The van der Waals surface area contributed by atoms with Gasteiger partial charge in [-0.25, -0.2) is 13.1 Å². The van der Waals surface area contributed by atoms with Gasteiger partial charge in [0, 0.05) is 20.7 Å². The van der Waals surface area contributed by atoms with E-state index in [2.05, 4.69) is 9.82 Å². The fourth-order valence-electron chi connectivity index (χ4n) is 2.11. The van der Waals surface area contributed by atoms with E-state index in [1.54, 1.807) is 45.3 Å². The van der Waals surface area contributed by atoms with E-state index in [-0.39, 0.29) is 16.6 Å². The molecule has 132 valence electrons. The average molecular weight is 374 g/mol. The van der Waals surface area contributed by atoms with Crippen LogP contribution in [0.2, 0.25) is 5.15 Å². The summed E-state index contributed by atoms with van der Waals surface area (Å²) in [4.78, 5) is 0.00573. The number of rotatable bonds is 8. The van der Waals surface area contributed by atoms with Gasteiger partial charge in [0.25, 0.3) is 0 Å². The fraction of sp³-hybridized carbons (Fsp3) is 0.400. The molecule has 0 aliphatic rings. The van der Waals surface area contributed by atoms with E-state index in [4.69, 9.17) is 21.1 Å².